The van der Waals surface area contributed by atoms with E-state index in [-0.39, 0.29) is 12.1 Å². The fourth-order valence-electron chi connectivity index (χ4n) is 1.64. The van der Waals surface area contributed by atoms with Crippen molar-refractivity contribution in [2.45, 2.75) is 19.9 Å². The summed E-state index contributed by atoms with van der Waals surface area (Å²) in [5.41, 5.74) is 1.86. The largest absolute Gasteiger partial charge is 0.354 e. The van der Waals surface area contributed by atoms with E-state index < -0.39 is 0 Å². The minimum Gasteiger partial charge on any atom is -0.354 e. The van der Waals surface area contributed by atoms with Crippen LogP contribution in [0.25, 0.3) is 0 Å². The van der Waals surface area contributed by atoms with E-state index in [4.69, 9.17) is 0 Å². The van der Waals surface area contributed by atoms with Crippen LogP contribution in [-0.2, 0) is 0 Å². The van der Waals surface area contributed by atoms with E-state index in [2.05, 4.69) is 20.9 Å². The lowest BCUT2D eigenvalue weighted by molar-refractivity contribution is 0.250. The highest BCUT2D eigenvalue weighted by Crippen LogP contribution is 2.16. The number of carbonyl (C=O) groups is 1. The van der Waals surface area contributed by atoms with Crippen LogP contribution >= 0.6 is 0 Å². The zero-order valence-electron chi connectivity index (χ0n) is 11.6. The third kappa shape index (κ3) is 4.28. The molecule has 1 heterocycles. The third-order valence-corrected chi connectivity index (χ3v) is 2.49. The molecule has 0 saturated carbocycles. The van der Waals surface area contributed by atoms with Gasteiger partial charge in [-0.2, -0.15) is 0 Å². The lowest BCUT2D eigenvalue weighted by atomic mass is 10.3. The number of anilines is 3. The number of aromatic nitrogens is 1. The number of nitrogens with zero attached hydrogens (tertiary/aromatic N) is 1. The van der Waals surface area contributed by atoms with Crippen LogP contribution in [0.5, 0.6) is 0 Å². The van der Waals surface area contributed by atoms with Crippen LogP contribution in [0.15, 0.2) is 48.7 Å². The predicted octanol–water partition coefficient (Wildman–Crippen LogP) is 3.36. The molecule has 20 heavy (non-hydrogen) atoms. The molecule has 5 nitrogen and oxygen atoms in total. The summed E-state index contributed by atoms with van der Waals surface area (Å²) in [5, 5.41) is 8.64. The van der Waals surface area contributed by atoms with Gasteiger partial charge < -0.3 is 10.6 Å². The first-order valence-corrected chi connectivity index (χ1v) is 6.49. The van der Waals surface area contributed by atoms with Gasteiger partial charge >= 0.3 is 6.03 Å². The zero-order valence-corrected chi connectivity index (χ0v) is 11.6. The molecule has 104 valence electrons. The van der Waals surface area contributed by atoms with Gasteiger partial charge in [-0.05, 0) is 38.1 Å². The minimum absolute atomic E-state index is 0.0917. The Balaban J connectivity index is 1.94. The number of hydrogen-bond acceptors (Lipinski definition) is 3. The van der Waals surface area contributed by atoms with Crippen molar-refractivity contribution in [3.8, 4) is 0 Å². The first-order valence-electron chi connectivity index (χ1n) is 6.49. The van der Waals surface area contributed by atoms with Gasteiger partial charge in [0.25, 0.3) is 0 Å². The quantitative estimate of drug-likeness (QED) is 0.798. The molecule has 0 saturated heterocycles. The van der Waals surface area contributed by atoms with Crippen LogP contribution in [0.4, 0.5) is 22.0 Å². The molecule has 2 rings (SSSR count). The van der Waals surface area contributed by atoms with Crippen molar-refractivity contribution < 1.29 is 4.79 Å². The smallest absolute Gasteiger partial charge is 0.320 e. The van der Waals surface area contributed by atoms with Gasteiger partial charge in [0.2, 0.25) is 0 Å². The number of pyridine rings is 1. The second-order valence-electron chi connectivity index (χ2n) is 4.68. The van der Waals surface area contributed by atoms with Crippen molar-refractivity contribution >= 4 is 23.2 Å². The molecule has 3 N–H and O–H groups in total. The molecule has 1 aromatic heterocycles. The molecule has 5 heteroatoms. The van der Waals surface area contributed by atoms with E-state index >= 15 is 0 Å². The van der Waals surface area contributed by atoms with Crippen molar-refractivity contribution in [1.82, 2.24) is 10.3 Å². The number of amides is 2. The maximum absolute atomic E-state index is 11.5. The van der Waals surface area contributed by atoms with Crippen LogP contribution in [0.1, 0.15) is 13.8 Å². The molecular formula is C15H18N4O. The number of nitrogens with one attached hydrogen (secondary N) is 3. The average Bonchev–Trinajstić information content (AvgIpc) is 2.41. The van der Waals surface area contributed by atoms with Gasteiger partial charge in [0.15, 0.2) is 0 Å². The first kappa shape index (κ1) is 13.9. The normalized spacial score (nSPS) is 10.2. The van der Waals surface area contributed by atoms with Crippen LogP contribution in [0, 0.1) is 0 Å². The fourth-order valence-corrected chi connectivity index (χ4v) is 1.64. The second kappa shape index (κ2) is 6.56. The molecule has 0 radical (unpaired) electrons. The lowest BCUT2D eigenvalue weighted by Gasteiger charge is -2.10. The lowest BCUT2D eigenvalue weighted by Crippen LogP contribution is -2.34. The summed E-state index contributed by atoms with van der Waals surface area (Å²) in [6.45, 7) is 3.81. The van der Waals surface area contributed by atoms with Crippen molar-refractivity contribution in [3.63, 3.8) is 0 Å². The Kier molecular flexibility index (Phi) is 4.55. The molecule has 0 atom stereocenters. The van der Waals surface area contributed by atoms with Crippen LogP contribution in [-0.4, -0.2) is 17.1 Å². The van der Waals surface area contributed by atoms with E-state index in [1.54, 1.807) is 12.3 Å². The summed E-state index contributed by atoms with van der Waals surface area (Å²) >= 11 is 0. The van der Waals surface area contributed by atoms with E-state index in [1.165, 1.54) is 0 Å². The van der Waals surface area contributed by atoms with Crippen molar-refractivity contribution in [2.24, 2.45) is 0 Å². The van der Waals surface area contributed by atoms with Crippen LogP contribution in [0.3, 0.4) is 0 Å². The number of carbonyl (C=O) groups excluding carboxylic acids is 1. The molecule has 0 spiro atoms. The highest BCUT2D eigenvalue weighted by atomic mass is 16.2. The molecular weight excluding hydrogens is 252 g/mol. The fraction of sp³-hybridized carbons (Fsp3) is 0.200. The van der Waals surface area contributed by atoms with Gasteiger partial charge in [0.1, 0.15) is 5.82 Å². The third-order valence-electron chi connectivity index (χ3n) is 2.49. The Hall–Kier alpha value is -2.56. The summed E-state index contributed by atoms with van der Waals surface area (Å²) in [4.78, 5) is 15.7. The van der Waals surface area contributed by atoms with E-state index in [1.807, 2.05) is 50.2 Å². The highest BCUT2D eigenvalue weighted by molar-refractivity contribution is 5.88. The van der Waals surface area contributed by atoms with Crippen LogP contribution < -0.4 is 16.0 Å². The maximum Gasteiger partial charge on any atom is 0.320 e. The first-order chi connectivity index (χ1) is 9.63. The number of hydrogen-bond donors (Lipinski definition) is 3. The monoisotopic (exact) mass is 270 g/mol. The zero-order chi connectivity index (χ0) is 14.4. The van der Waals surface area contributed by atoms with Crippen molar-refractivity contribution in [1.29, 1.82) is 0 Å². The Morgan fingerprint density at radius 1 is 1.05 bits per heavy atom. The van der Waals surface area contributed by atoms with Gasteiger partial charge in [-0.1, -0.05) is 18.2 Å². The molecule has 0 aliphatic rings. The number of urea groups is 1. The Morgan fingerprint density at radius 3 is 2.40 bits per heavy atom. The maximum atomic E-state index is 11.5. The van der Waals surface area contributed by atoms with E-state index in [9.17, 15) is 4.79 Å². The molecule has 1 aromatic carbocycles. The van der Waals surface area contributed by atoms with Gasteiger partial charge in [-0.3, -0.25) is 5.32 Å². The molecule has 2 aromatic rings. The van der Waals surface area contributed by atoms with Crippen molar-refractivity contribution in [2.75, 3.05) is 10.6 Å². The second-order valence-corrected chi connectivity index (χ2v) is 4.68. The Bertz CT molecular complexity index is 552. The predicted molar refractivity (Wildman–Crippen MR) is 81.3 cm³/mol. The van der Waals surface area contributed by atoms with Gasteiger partial charge in [0, 0.05) is 11.7 Å². The molecule has 0 aliphatic carbocycles. The summed E-state index contributed by atoms with van der Waals surface area (Å²) in [5.74, 6) is 0.516. The summed E-state index contributed by atoms with van der Waals surface area (Å²) < 4.78 is 0. The number of rotatable bonds is 4. The number of benzene rings is 1. The van der Waals surface area contributed by atoms with Gasteiger partial charge in [-0.25, -0.2) is 9.78 Å². The number of para-hydroxylation sites is 1. The topological polar surface area (TPSA) is 66.1 Å². The van der Waals surface area contributed by atoms with E-state index in [0.29, 0.717) is 5.82 Å². The SMILES string of the molecule is CC(C)NC(=O)Nc1ccc(Nc2ccccc2)cn1. The standard InChI is InChI=1S/C15H18N4O/c1-11(2)17-15(20)19-14-9-8-13(10-16-14)18-12-6-4-3-5-7-12/h3-11,18H,1-2H3,(H2,16,17,19,20). The molecule has 0 aliphatic heterocycles. The minimum atomic E-state index is -0.253. The Morgan fingerprint density at radius 2 is 1.80 bits per heavy atom. The summed E-state index contributed by atoms with van der Waals surface area (Å²) in [6.07, 6.45) is 1.68. The van der Waals surface area contributed by atoms with Crippen LogP contribution in [0.2, 0.25) is 0 Å². The molecule has 0 unspecified atom stereocenters. The van der Waals surface area contributed by atoms with Crippen molar-refractivity contribution in [3.05, 3.63) is 48.7 Å². The Labute approximate surface area is 118 Å². The van der Waals surface area contributed by atoms with Gasteiger partial charge in [0.05, 0.1) is 11.9 Å². The van der Waals surface area contributed by atoms with Gasteiger partial charge in [-0.15, -0.1) is 0 Å². The highest BCUT2D eigenvalue weighted by Gasteiger charge is 2.04. The van der Waals surface area contributed by atoms with E-state index in [0.717, 1.165) is 11.4 Å². The molecule has 0 bridgehead atoms. The summed E-state index contributed by atoms with van der Waals surface area (Å²) in [7, 11) is 0. The molecule has 2 amide bonds. The molecule has 0 fully saturated rings. The average molecular weight is 270 g/mol. The summed E-state index contributed by atoms with van der Waals surface area (Å²) in [6, 6.07) is 13.3.